The minimum absolute atomic E-state index is 0.154. The van der Waals surface area contributed by atoms with Gasteiger partial charge in [0, 0.05) is 27.4 Å². The highest BCUT2D eigenvalue weighted by Gasteiger charge is 2.10. The van der Waals surface area contributed by atoms with Gasteiger partial charge in [0.2, 0.25) is 0 Å². The van der Waals surface area contributed by atoms with Gasteiger partial charge in [0.1, 0.15) is 12.4 Å². The Morgan fingerprint density at radius 3 is 2.36 bits per heavy atom. The van der Waals surface area contributed by atoms with Crippen molar-refractivity contribution in [2.75, 3.05) is 5.32 Å². The van der Waals surface area contributed by atoms with Crippen LogP contribution in [0.5, 0.6) is 5.75 Å². The Kier molecular flexibility index (Phi) is 6.87. The highest BCUT2D eigenvalue weighted by molar-refractivity contribution is 7.80. The summed E-state index contributed by atoms with van der Waals surface area (Å²) in [6.45, 7) is 0.459. The van der Waals surface area contributed by atoms with E-state index in [0.29, 0.717) is 33.7 Å². The summed E-state index contributed by atoms with van der Waals surface area (Å²) in [6, 6.07) is 21.8. The molecule has 0 spiro atoms. The topological polar surface area (TPSA) is 50.4 Å². The van der Waals surface area contributed by atoms with Gasteiger partial charge >= 0.3 is 0 Å². The summed E-state index contributed by atoms with van der Waals surface area (Å²) in [5.74, 6) is 0.281. The summed E-state index contributed by atoms with van der Waals surface area (Å²) < 4.78 is 5.79. The van der Waals surface area contributed by atoms with Crippen molar-refractivity contribution in [2.45, 2.75) is 6.61 Å². The number of hydrogen-bond donors (Lipinski definition) is 2. The molecule has 0 unspecified atom stereocenters. The van der Waals surface area contributed by atoms with Crippen LogP contribution in [0, 0.1) is 0 Å². The highest BCUT2D eigenvalue weighted by atomic mass is 35.5. The fourth-order valence-corrected chi connectivity index (χ4v) is 3.16. The van der Waals surface area contributed by atoms with Crippen LogP contribution in [0.2, 0.25) is 10.0 Å². The van der Waals surface area contributed by atoms with Gasteiger partial charge in [0.15, 0.2) is 5.11 Å². The lowest BCUT2D eigenvalue weighted by atomic mass is 10.2. The second-order valence-electron chi connectivity index (χ2n) is 5.87. The van der Waals surface area contributed by atoms with Crippen LogP contribution in [0.25, 0.3) is 0 Å². The third kappa shape index (κ3) is 5.96. The van der Waals surface area contributed by atoms with E-state index in [0.717, 1.165) is 5.56 Å². The average Bonchev–Trinajstić information content (AvgIpc) is 2.66. The fraction of sp³-hybridized carbons (Fsp3) is 0.0476. The molecule has 3 aromatic carbocycles. The molecule has 0 aliphatic carbocycles. The van der Waals surface area contributed by atoms with Crippen LogP contribution >= 0.6 is 35.4 Å². The third-order valence-electron chi connectivity index (χ3n) is 3.69. The quantitative estimate of drug-likeness (QED) is 0.509. The molecule has 0 heterocycles. The summed E-state index contributed by atoms with van der Waals surface area (Å²) >= 11 is 17.1. The van der Waals surface area contributed by atoms with E-state index in [1.807, 2.05) is 48.5 Å². The molecule has 0 aliphatic heterocycles. The van der Waals surface area contributed by atoms with E-state index in [1.54, 1.807) is 12.1 Å². The number of rotatable bonds is 5. The molecule has 0 aliphatic rings. The molecular formula is C21H16Cl2N2O2S. The third-order valence-corrected chi connectivity index (χ3v) is 4.33. The van der Waals surface area contributed by atoms with Gasteiger partial charge in [0.25, 0.3) is 5.91 Å². The van der Waals surface area contributed by atoms with Crippen LogP contribution in [-0.4, -0.2) is 11.0 Å². The highest BCUT2D eigenvalue weighted by Crippen LogP contribution is 2.20. The van der Waals surface area contributed by atoms with Gasteiger partial charge in [-0.1, -0.05) is 59.6 Å². The van der Waals surface area contributed by atoms with Crippen molar-refractivity contribution >= 4 is 52.1 Å². The standard InChI is InChI=1S/C21H16Cl2N2O2S/c22-16-9-15(10-17(23)11-16)20(26)25-21(28)24-18-7-4-8-19(12-18)27-13-14-5-2-1-3-6-14/h1-12H,13H2,(H2,24,25,26,28). The van der Waals surface area contributed by atoms with Gasteiger partial charge in [-0.05, 0) is 48.1 Å². The van der Waals surface area contributed by atoms with Crippen LogP contribution in [0.15, 0.2) is 72.8 Å². The minimum atomic E-state index is -0.404. The van der Waals surface area contributed by atoms with Crippen molar-refractivity contribution in [1.29, 1.82) is 0 Å². The van der Waals surface area contributed by atoms with E-state index in [1.165, 1.54) is 12.1 Å². The van der Waals surface area contributed by atoms with Crippen LogP contribution in [0.4, 0.5) is 5.69 Å². The normalized spacial score (nSPS) is 10.2. The molecule has 1 amide bonds. The van der Waals surface area contributed by atoms with Crippen molar-refractivity contribution in [3.8, 4) is 5.75 Å². The lowest BCUT2D eigenvalue weighted by molar-refractivity contribution is 0.0977. The zero-order chi connectivity index (χ0) is 19.9. The van der Waals surface area contributed by atoms with Crippen LogP contribution in [-0.2, 0) is 6.61 Å². The SMILES string of the molecule is O=C(NC(=S)Nc1cccc(OCc2ccccc2)c1)c1cc(Cl)cc(Cl)c1. The van der Waals surface area contributed by atoms with Crippen LogP contribution in [0.1, 0.15) is 15.9 Å². The van der Waals surface area contributed by atoms with Crippen LogP contribution in [0.3, 0.4) is 0 Å². The van der Waals surface area contributed by atoms with Gasteiger partial charge in [-0.15, -0.1) is 0 Å². The number of ether oxygens (including phenoxy) is 1. The zero-order valence-electron chi connectivity index (χ0n) is 14.6. The largest absolute Gasteiger partial charge is 0.489 e. The number of carbonyl (C=O) groups excluding carboxylic acids is 1. The molecular weight excluding hydrogens is 415 g/mol. The van der Waals surface area contributed by atoms with E-state index in [9.17, 15) is 4.79 Å². The van der Waals surface area contributed by atoms with E-state index in [2.05, 4.69) is 10.6 Å². The van der Waals surface area contributed by atoms with Crippen molar-refractivity contribution < 1.29 is 9.53 Å². The van der Waals surface area contributed by atoms with Crippen molar-refractivity contribution in [1.82, 2.24) is 5.32 Å². The Bertz CT molecular complexity index is 976. The Morgan fingerprint density at radius 2 is 1.64 bits per heavy atom. The maximum absolute atomic E-state index is 12.3. The molecule has 0 radical (unpaired) electrons. The van der Waals surface area contributed by atoms with Gasteiger partial charge in [-0.25, -0.2) is 0 Å². The monoisotopic (exact) mass is 430 g/mol. The molecule has 0 atom stereocenters. The molecule has 3 aromatic rings. The second kappa shape index (κ2) is 9.55. The Balaban J connectivity index is 1.58. The first-order chi connectivity index (χ1) is 13.5. The van der Waals surface area contributed by atoms with Crippen molar-refractivity contribution in [3.05, 3.63) is 94.0 Å². The first kappa shape index (κ1) is 20.1. The van der Waals surface area contributed by atoms with Crippen LogP contribution < -0.4 is 15.4 Å². The molecule has 4 nitrogen and oxygen atoms in total. The fourth-order valence-electron chi connectivity index (χ4n) is 2.43. The number of halogens is 2. The second-order valence-corrected chi connectivity index (χ2v) is 7.15. The Morgan fingerprint density at radius 1 is 0.929 bits per heavy atom. The number of nitrogens with one attached hydrogen (secondary N) is 2. The van der Waals surface area contributed by atoms with Gasteiger partial charge in [-0.3, -0.25) is 10.1 Å². The molecule has 0 saturated heterocycles. The molecule has 28 heavy (non-hydrogen) atoms. The zero-order valence-corrected chi connectivity index (χ0v) is 16.9. The molecule has 142 valence electrons. The number of anilines is 1. The lowest BCUT2D eigenvalue weighted by Crippen LogP contribution is -2.34. The average molecular weight is 431 g/mol. The van der Waals surface area contributed by atoms with Gasteiger partial charge < -0.3 is 10.1 Å². The van der Waals surface area contributed by atoms with E-state index in [4.69, 9.17) is 40.2 Å². The van der Waals surface area contributed by atoms with Gasteiger partial charge in [0.05, 0.1) is 0 Å². The summed E-state index contributed by atoms with van der Waals surface area (Å²) in [5.41, 5.74) is 2.09. The molecule has 0 aromatic heterocycles. The molecule has 2 N–H and O–H groups in total. The first-order valence-corrected chi connectivity index (χ1v) is 9.51. The van der Waals surface area contributed by atoms with Crippen molar-refractivity contribution in [2.24, 2.45) is 0 Å². The summed E-state index contributed by atoms with van der Waals surface area (Å²) in [6.07, 6.45) is 0. The van der Waals surface area contributed by atoms with E-state index >= 15 is 0 Å². The Hall–Kier alpha value is -2.60. The summed E-state index contributed by atoms with van der Waals surface area (Å²) in [5, 5.41) is 6.47. The summed E-state index contributed by atoms with van der Waals surface area (Å²) in [7, 11) is 0. The molecule has 0 saturated carbocycles. The molecule has 0 bridgehead atoms. The Labute approximate surface area is 178 Å². The molecule has 0 fully saturated rings. The predicted octanol–water partition coefficient (Wildman–Crippen LogP) is 5.70. The summed E-state index contributed by atoms with van der Waals surface area (Å²) in [4.78, 5) is 12.3. The predicted molar refractivity (Wildman–Crippen MR) is 117 cm³/mol. The first-order valence-electron chi connectivity index (χ1n) is 8.35. The minimum Gasteiger partial charge on any atom is -0.489 e. The smallest absolute Gasteiger partial charge is 0.257 e. The lowest BCUT2D eigenvalue weighted by Gasteiger charge is -2.12. The number of thiocarbonyl (C=S) groups is 1. The van der Waals surface area contributed by atoms with Crippen molar-refractivity contribution in [3.63, 3.8) is 0 Å². The molecule has 7 heteroatoms. The number of amides is 1. The van der Waals surface area contributed by atoms with E-state index in [-0.39, 0.29) is 5.11 Å². The maximum atomic E-state index is 12.3. The number of hydrogen-bond acceptors (Lipinski definition) is 3. The van der Waals surface area contributed by atoms with E-state index < -0.39 is 5.91 Å². The van der Waals surface area contributed by atoms with Gasteiger partial charge in [-0.2, -0.15) is 0 Å². The molecule has 3 rings (SSSR count). The maximum Gasteiger partial charge on any atom is 0.257 e. The number of carbonyl (C=O) groups is 1. The number of benzene rings is 3.